The molecule has 1 aliphatic carbocycles. The minimum atomic E-state index is -0.661. The first-order valence-electron chi connectivity index (χ1n) is 7.91. The van der Waals surface area contributed by atoms with E-state index >= 15 is 0 Å². The number of rotatable bonds is 7. The number of nitrogens with one attached hydrogen (secondary N) is 3. The fourth-order valence-electron chi connectivity index (χ4n) is 2.85. The first-order chi connectivity index (χ1) is 10.0. The van der Waals surface area contributed by atoms with Crippen molar-refractivity contribution in [3.05, 3.63) is 0 Å². The molecule has 0 aromatic heterocycles. The van der Waals surface area contributed by atoms with Crippen molar-refractivity contribution in [3.8, 4) is 0 Å². The maximum atomic E-state index is 11.9. The smallest absolute Gasteiger partial charge is 0.315 e. The van der Waals surface area contributed by atoms with Gasteiger partial charge in [-0.1, -0.05) is 26.2 Å². The Hall–Kier alpha value is -1.33. The van der Waals surface area contributed by atoms with Crippen LogP contribution in [-0.2, 0) is 4.79 Å². The molecule has 0 heterocycles. The molecule has 1 fully saturated rings. The van der Waals surface area contributed by atoms with E-state index in [4.69, 9.17) is 0 Å². The maximum Gasteiger partial charge on any atom is 0.315 e. The summed E-state index contributed by atoms with van der Waals surface area (Å²) in [5, 5.41) is 7.73. The van der Waals surface area contributed by atoms with Crippen molar-refractivity contribution in [1.82, 2.24) is 16.0 Å². The standard InChI is InChI=1S/C15H28FN3O2/c1-11-4-3-5-13(10-11)6-8-18-15(21)19-12(2)14(20)17-9-7-16/h11-13H,3-10H2,1-2H3,(H,17,20)(H2,18,19,21)/t11-,12-,13-/m1/s1. The Kier molecular flexibility index (Phi) is 8.08. The van der Waals surface area contributed by atoms with E-state index in [1.807, 2.05) is 0 Å². The average Bonchev–Trinajstić information content (AvgIpc) is 2.44. The third-order valence-corrected chi connectivity index (χ3v) is 4.02. The summed E-state index contributed by atoms with van der Waals surface area (Å²) in [7, 11) is 0. The molecule has 3 N–H and O–H groups in total. The highest BCUT2D eigenvalue weighted by Gasteiger charge is 2.19. The Morgan fingerprint density at radius 3 is 2.67 bits per heavy atom. The lowest BCUT2D eigenvalue weighted by molar-refractivity contribution is -0.122. The molecule has 0 spiro atoms. The second-order valence-electron chi connectivity index (χ2n) is 6.03. The van der Waals surface area contributed by atoms with Gasteiger partial charge in [-0.25, -0.2) is 9.18 Å². The molecule has 0 unspecified atom stereocenters. The molecule has 21 heavy (non-hydrogen) atoms. The van der Waals surface area contributed by atoms with E-state index in [2.05, 4.69) is 22.9 Å². The molecule has 1 aliphatic rings. The fourth-order valence-corrected chi connectivity index (χ4v) is 2.85. The van der Waals surface area contributed by atoms with Gasteiger partial charge in [0, 0.05) is 13.1 Å². The monoisotopic (exact) mass is 301 g/mol. The lowest BCUT2D eigenvalue weighted by Crippen LogP contribution is -2.49. The molecule has 0 aromatic rings. The Morgan fingerprint density at radius 2 is 2.00 bits per heavy atom. The van der Waals surface area contributed by atoms with Crippen LogP contribution in [0.1, 0.15) is 46.0 Å². The van der Waals surface area contributed by atoms with Crippen LogP contribution in [0.25, 0.3) is 0 Å². The number of alkyl halides is 1. The molecule has 122 valence electrons. The van der Waals surface area contributed by atoms with Crippen LogP contribution in [0.2, 0.25) is 0 Å². The largest absolute Gasteiger partial charge is 0.352 e. The SMILES string of the molecule is C[C@@H]1CCC[C@H](CCNC(=O)N[C@H](C)C(=O)NCCF)C1. The van der Waals surface area contributed by atoms with E-state index in [1.165, 1.54) is 25.7 Å². The van der Waals surface area contributed by atoms with Gasteiger partial charge < -0.3 is 16.0 Å². The fraction of sp³-hybridized carbons (Fsp3) is 0.867. The molecule has 1 rings (SSSR count). The van der Waals surface area contributed by atoms with Gasteiger partial charge >= 0.3 is 6.03 Å². The maximum absolute atomic E-state index is 11.9. The zero-order chi connectivity index (χ0) is 15.7. The molecule has 0 bridgehead atoms. The Labute approximate surface area is 126 Å². The molecule has 0 aromatic carbocycles. The van der Waals surface area contributed by atoms with Crippen LogP contribution in [0.15, 0.2) is 0 Å². The van der Waals surface area contributed by atoms with Gasteiger partial charge in [0.2, 0.25) is 5.91 Å². The van der Waals surface area contributed by atoms with Crippen LogP contribution >= 0.6 is 0 Å². The van der Waals surface area contributed by atoms with Gasteiger partial charge in [-0.15, -0.1) is 0 Å². The van der Waals surface area contributed by atoms with Crippen molar-refractivity contribution in [2.24, 2.45) is 11.8 Å². The van der Waals surface area contributed by atoms with Gasteiger partial charge in [-0.3, -0.25) is 4.79 Å². The number of halogens is 1. The van der Waals surface area contributed by atoms with E-state index in [0.29, 0.717) is 12.5 Å². The topological polar surface area (TPSA) is 70.2 Å². The van der Waals surface area contributed by atoms with Gasteiger partial charge in [0.25, 0.3) is 0 Å². The summed E-state index contributed by atoms with van der Waals surface area (Å²) in [5.41, 5.74) is 0. The van der Waals surface area contributed by atoms with Gasteiger partial charge in [0.1, 0.15) is 12.7 Å². The van der Waals surface area contributed by atoms with Crippen molar-refractivity contribution in [2.75, 3.05) is 19.8 Å². The summed E-state index contributed by atoms with van der Waals surface area (Å²) in [6.07, 6.45) is 6.07. The van der Waals surface area contributed by atoms with Crippen LogP contribution in [0, 0.1) is 11.8 Å². The Balaban J connectivity index is 2.14. The molecule has 5 nitrogen and oxygen atoms in total. The minimum Gasteiger partial charge on any atom is -0.352 e. The predicted molar refractivity (Wildman–Crippen MR) is 80.7 cm³/mol. The van der Waals surface area contributed by atoms with E-state index in [1.54, 1.807) is 6.92 Å². The normalized spacial score (nSPS) is 23.2. The zero-order valence-electron chi connectivity index (χ0n) is 13.1. The van der Waals surface area contributed by atoms with Crippen LogP contribution < -0.4 is 16.0 Å². The van der Waals surface area contributed by atoms with E-state index in [9.17, 15) is 14.0 Å². The summed E-state index contributed by atoms with van der Waals surface area (Å²) in [4.78, 5) is 23.1. The summed E-state index contributed by atoms with van der Waals surface area (Å²) in [6.45, 7) is 3.86. The van der Waals surface area contributed by atoms with Crippen LogP contribution in [0.5, 0.6) is 0 Å². The molecular formula is C15H28FN3O2. The number of hydrogen-bond donors (Lipinski definition) is 3. The van der Waals surface area contributed by atoms with Crippen molar-refractivity contribution in [1.29, 1.82) is 0 Å². The predicted octanol–water partition coefficient (Wildman–Crippen LogP) is 1.98. The van der Waals surface area contributed by atoms with E-state index in [0.717, 1.165) is 12.3 Å². The summed E-state index contributed by atoms with van der Waals surface area (Å²) in [5.74, 6) is 1.11. The molecule has 1 saturated carbocycles. The van der Waals surface area contributed by atoms with Gasteiger partial charge in [-0.05, 0) is 31.6 Å². The second-order valence-corrected chi connectivity index (χ2v) is 6.03. The lowest BCUT2D eigenvalue weighted by Gasteiger charge is -2.26. The number of hydrogen-bond acceptors (Lipinski definition) is 2. The third kappa shape index (κ3) is 7.29. The van der Waals surface area contributed by atoms with Gasteiger partial charge in [-0.2, -0.15) is 0 Å². The molecule has 0 aliphatic heterocycles. The highest BCUT2D eigenvalue weighted by molar-refractivity contribution is 5.86. The minimum absolute atomic E-state index is 0.0215. The van der Waals surface area contributed by atoms with E-state index < -0.39 is 12.7 Å². The Bertz CT molecular complexity index is 339. The van der Waals surface area contributed by atoms with Crippen molar-refractivity contribution >= 4 is 11.9 Å². The Morgan fingerprint density at radius 1 is 1.24 bits per heavy atom. The zero-order valence-corrected chi connectivity index (χ0v) is 13.1. The number of carbonyl (C=O) groups is 2. The average molecular weight is 301 g/mol. The summed E-state index contributed by atoms with van der Waals surface area (Å²) >= 11 is 0. The van der Waals surface area contributed by atoms with Crippen LogP contribution in [0.3, 0.4) is 0 Å². The van der Waals surface area contributed by atoms with E-state index in [-0.39, 0.29) is 18.5 Å². The summed E-state index contributed by atoms with van der Waals surface area (Å²) < 4.78 is 11.9. The molecule has 3 amide bonds. The summed E-state index contributed by atoms with van der Waals surface area (Å²) in [6, 6.07) is -1.01. The number of amides is 3. The molecule has 3 atom stereocenters. The number of urea groups is 1. The van der Waals surface area contributed by atoms with Crippen molar-refractivity contribution in [2.45, 2.75) is 52.0 Å². The third-order valence-electron chi connectivity index (χ3n) is 4.02. The highest BCUT2D eigenvalue weighted by atomic mass is 19.1. The molecule has 0 saturated heterocycles. The second kappa shape index (κ2) is 9.58. The number of carbonyl (C=O) groups excluding carboxylic acids is 2. The van der Waals surface area contributed by atoms with Crippen LogP contribution in [0.4, 0.5) is 9.18 Å². The first kappa shape index (κ1) is 17.7. The first-order valence-corrected chi connectivity index (χ1v) is 7.91. The van der Waals surface area contributed by atoms with Gasteiger partial charge in [0.05, 0.1) is 0 Å². The van der Waals surface area contributed by atoms with Gasteiger partial charge in [0.15, 0.2) is 0 Å². The van der Waals surface area contributed by atoms with Crippen molar-refractivity contribution in [3.63, 3.8) is 0 Å². The van der Waals surface area contributed by atoms with Crippen LogP contribution in [-0.4, -0.2) is 37.7 Å². The van der Waals surface area contributed by atoms with Crippen molar-refractivity contribution < 1.29 is 14.0 Å². The quantitative estimate of drug-likeness (QED) is 0.673. The highest BCUT2D eigenvalue weighted by Crippen LogP contribution is 2.30. The lowest BCUT2D eigenvalue weighted by atomic mass is 9.81. The molecular weight excluding hydrogens is 273 g/mol. The molecule has 0 radical (unpaired) electrons. The molecule has 6 heteroatoms.